The van der Waals surface area contributed by atoms with Crippen molar-refractivity contribution in [1.82, 2.24) is 9.78 Å². The molecule has 1 aromatic rings. The molecule has 0 aliphatic heterocycles. The molecule has 3 nitrogen and oxygen atoms in total. The van der Waals surface area contributed by atoms with E-state index in [1.807, 2.05) is 11.7 Å². The van der Waals surface area contributed by atoms with Gasteiger partial charge in [0, 0.05) is 18.8 Å². The van der Waals surface area contributed by atoms with Crippen LogP contribution in [0.4, 0.5) is 0 Å². The van der Waals surface area contributed by atoms with Crippen LogP contribution < -0.4 is 0 Å². The molecule has 1 atom stereocenters. The van der Waals surface area contributed by atoms with Crippen LogP contribution in [0, 0.1) is 17.2 Å². The zero-order valence-corrected chi connectivity index (χ0v) is 12.0. The molecule has 5 heteroatoms. The van der Waals surface area contributed by atoms with Crippen LogP contribution in [0.25, 0.3) is 0 Å². The quantitative estimate of drug-likeness (QED) is 0.794. The van der Waals surface area contributed by atoms with Crippen LogP contribution in [0.5, 0.6) is 0 Å². The van der Waals surface area contributed by atoms with Crippen molar-refractivity contribution < 1.29 is 0 Å². The van der Waals surface area contributed by atoms with E-state index in [9.17, 15) is 0 Å². The zero-order valence-electron chi connectivity index (χ0n) is 8.80. The van der Waals surface area contributed by atoms with E-state index in [1.54, 1.807) is 0 Å². The molecule has 0 spiro atoms. The molecule has 0 radical (unpaired) electrons. The van der Waals surface area contributed by atoms with Gasteiger partial charge in [-0.3, -0.25) is 4.68 Å². The maximum atomic E-state index is 8.91. The second-order valence-corrected chi connectivity index (χ2v) is 4.81. The summed E-state index contributed by atoms with van der Waals surface area (Å²) in [5.74, 6) is 0.00130. The predicted octanol–water partition coefficient (Wildman–Crippen LogP) is 2.82. The Labute approximate surface area is 107 Å². The fourth-order valence-corrected chi connectivity index (χ4v) is 2.56. The normalized spacial score (nSPS) is 12.5. The van der Waals surface area contributed by atoms with Crippen molar-refractivity contribution >= 4 is 31.9 Å². The summed E-state index contributed by atoms with van der Waals surface area (Å²) in [7, 11) is 1.92. The van der Waals surface area contributed by atoms with Gasteiger partial charge < -0.3 is 0 Å². The molecule has 1 unspecified atom stereocenters. The van der Waals surface area contributed by atoms with Crippen molar-refractivity contribution in [2.75, 3.05) is 5.33 Å². The van der Waals surface area contributed by atoms with E-state index in [2.05, 4.69) is 50.0 Å². The molecule has 1 heterocycles. The molecular weight excluding hydrogens is 322 g/mol. The molecule has 1 aromatic heterocycles. The van der Waals surface area contributed by atoms with Crippen molar-refractivity contribution in [3.05, 3.63) is 15.9 Å². The van der Waals surface area contributed by atoms with Gasteiger partial charge in [-0.05, 0) is 22.4 Å². The fourth-order valence-electron chi connectivity index (χ4n) is 1.41. The Morgan fingerprint density at radius 3 is 2.67 bits per heavy atom. The van der Waals surface area contributed by atoms with Crippen molar-refractivity contribution in [1.29, 1.82) is 5.26 Å². The van der Waals surface area contributed by atoms with E-state index in [1.165, 1.54) is 0 Å². The largest absolute Gasteiger partial charge is 0.271 e. The molecule has 15 heavy (non-hydrogen) atoms. The van der Waals surface area contributed by atoms with Crippen LogP contribution in [0.3, 0.4) is 0 Å². The van der Waals surface area contributed by atoms with Crippen molar-refractivity contribution in [2.45, 2.75) is 19.8 Å². The summed E-state index contributed by atoms with van der Waals surface area (Å²) in [5, 5.41) is 14.0. The van der Waals surface area contributed by atoms with E-state index in [0.29, 0.717) is 5.33 Å². The molecule has 82 valence electrons. The van der Waals surface area contributed by atoms with Gasteiger partial charge in [-0.2, -0.15) is 10.4 Å². The highest BCUT2D eigenvalue weighted by Crippen LogP contribution is 2.24. The van der Waals surface area contributed by atoms with Crippen LogP contribution in [0.2, 0.25) is 0 Å². The number of alkyl halides is 1. The van der Waals surface area contributed by atoms with Gasteiger partial charge >= 0.3 is 0 Å². The van der Waals surface area contributed by atoms with E-state index in [0.717, 1.165) is 28.7 Å². The lowest BCUT2D eigenvalue weighted by Crippen LogP contribution is -2.08. The number of hydrogen-bond donors (Lipinski definition) is 0. The molecule has 0 amide bonds. The minimum absolute atomic E-state index is 0.00130. The third-order valence-corrected chi connectivity index (χ3v) is 4.01. The summed E-state index contributed by atoms with van der Waals surface area (Å²) in [6.45, 7) is 2.07. The number of halogens is 2. The molecular formula is C10H13Br2N3. The third-order valence-electron chi connectivity index (χ3n) is 2.31. The van der Waals surface area contributed by atoms with Gasteiger partial charge in [0.1, 0.15) is 0 Å². The summed E-state index contributed by atoms with van der Waals surface area (Å²) in [6, 6.07) is 2.27. The average molecular weight is 335 g/mol. The minimum Gasteiger partial charge on any atom is -0.271 e. The second kappa shape index (κ2) is 5.66. The first-order valence-corrected chi connectivity index (χ1v) is 6.71. The summed E-state index contributed by atoms with van der Waals surface area (Å²) >= 11 is 6.88. The minimum atomic E-state index is 0.00130. The van der Waals surface area contributed by atoms with E-state index in [4.69, 9.17) is 5.26 Å². The lowest BCUT2D eigenvalue weighted by Gasteiger charge is -2.05. The molecule has 1 rings (SSSR count). The predicted molar refractivity (Wildman–Crippen MR) is 66.9 cm³/mol. The number of rotatable bonds is 4. The van der Waals surface area contributed by atoms with Crippen LogP contribution >= 0.6 is 31.9 Å². The SMILES string of the molecule is CCc1nn(C)c(CC(C#N)CBr)c1Br. The first-order valence-electron chi connectivity index (χ1n) is 4.79. The highest BCUT2D eigenvalue weighted by atomic mass is 79.9. The topological polar surface area (TPSA) is 41.6 Å². The number of nitriles is 1. The summed E-state index contributed by atoms with van der Waals surface area (Å²) in [6.07, 6.45) is 1.63. The maximum Gasteiger partial charge on any atom is 0.0766 e. The van der Waals surface area contributed by atoms with Crippen LogP contribution in [-0.2, 0) is 19.9 Å². The van der Waals surface area contributed by atoms with Gasteiger partial charge in [-0.25, -0.2) is 0 Å². The molecule has 0 aliphatic carbocycles. The zero-order chi connectivity index (χ0) is 11.4. The molecule has 0 aromatic carbocycles. The Balaban J connectivity index is 2.95. The van der Waals surface area contributed by atoms with Gasteiger partial charge in [0.25, 0.3) is 0 Å². The van der Waals surface area contributed by atoms with Gasteiger partial charge in [0.05, 0.1) is 27.8 Å². The summed E-state index contributed by atoms with van der Waals surface area (Å²) < 4.78 is 2.91. The Morgan fingerprint density at radius 1 is 1.60 bits per heavy atom. The first-order chi connectivity index (χ1) is 7.13. The highest BCUT2D eigenvalue weighted by Gasteiger charge is 2.16. The van der Waals surface area contributed by atoms with Crippen molar-refractivity contribution in [3.63, 3.8) is 0 Å². The standard InChI is InChI=1S/C10H13Br2N3/c1-3-8-10(12)9(15(2)14-8)4-7(5-11)6-13/h7H,3-5H2,1-2H3. The van der Waals surface area contributed by atoms with Crippen LogP contribution in [-0.4, -0.2) is 15.1 Å². The number of nitrogens with zero attached hydrogens (tertiary/aromatic N) is 3. The lowest BCUT2D eigenvalue weighted by atomic mass is 10.1. The number of hydrogen-bond acceptors (Lipinski definition) is 2. The molecule has 0 fully saturated rings. The van der Waals surface area contributed by atoms with Gasteiger partial charge in [-0.15, -0.1) is 0 Å². The van der Waals surface area contributed by atoms with Crippen molar-refractivity contribution in [2.24, 2.45) is 13.0 Å². The monoisotopic (exact) mass is 333 g/mol. The van der Waals surface area contributed by atoms with Gasteiger partial charge in [0.15, 0.2) is 0 Å². The Kier molecular flexibility index (Phi) is 4.81. The second-order valence-electron chi connectivity index (χ2n) is 3.37. The maximum absolute atomic E-state index is 8.91. The van der Waals surface area contributed by atoms with E-state index in [-0.39, 0.29) is 5.92 Å². The summed E-state index contributed by atoms with van der Waals surface area (Å²) in [4.78, 5) is 0. The molecule has 0 bridgehead atoms. The smallest absolute Gasteiger partial charge is 0.0766 e. The third kappa shape index (κ3) is 2.82. The van der Waals surface area contributed by atoms with Gasteiger partial charge in [0.2, 0.25) is 0 Å². The van der Waals surface area contributed by atoms with Gasteiger partial charge in [-0.1, -0.05) is 22.9 Å². The highest BCUT2D eigenvalue weighted by molar-refractivity contribution is 9.10. The average Bonchev–Trinajstić information content (AvgIpc) is 2.51. The molecule has 0 N–H and O–H groups in total. The lowest BCUT2D eigenvalue weighted by molar-refractivity contribution is 0.648. The molecule has 0 saturated carbocycles. The van der Waals surface area contributed by atoms with E-state index >= 15 is 0 Å². The Bertz CT molecular complexity index is 379. The van der Waals surface area contributed by atoms with Crippen LogP contribution in [0.1, 0.15) is 18.3 Å². The Hall–Kier alpha value is -0.340. The molecule has 0 aliphatic rings. The van der Waals surface area contributed by atoms with Crippen LogP contribution in [0.15, 0.2) is 4.47 Å². The Morgan fingerprint density at radius 2 is 2.27 bits per heavy atom. The summed E-state index contributed by atoms with van der Waals surface area (Å²) in [5.41, 5.74) is 2.15. The number of aromatic nitrogens is 2. The van der Waals surface area contributed by atoms with E-state index < -0.39 is 0 Å². The molecule has 0 saturated heterocycles. The van der Waals surface area contributed by atoms with Crippen molar-refractivity contribution in [3.8, 4) is 6.07 Å². The first kappa shape index (κ1) is 12.7. The fraction of sp³-hybridized carbons (Fsp3) is 0.600. The number of aryl methyl sites for hydroxylation is 2.